The molecule has 2 fully saturated rings. The molecule has 1 aromatic rings. The quantitative estimate of drug-likeness (QED) is 0.408. The molecular weight excluding hydrogens is 474 g/mol. The van der Waals surface area contributed by atoms with Gasteiger partial charge in [-0.3, -0.25) is 0 Å². The minimum atomic E-state index is -0.642. The van der Waals surface area contributed by atoms with Crippen LogP contribution in [0.4, 0.5) is 0 Å². The molecule has 1 aromatic heterocycles. The van der Waals surface area contributed by atoms with Crippen molar-refractivity contribution in [1.82, 2.24) is 13.7 Å². The summed E-state index contributed by atoms with van der Waals surface area (Å²) in [7, 11) is 1.39. The number of isocyanates is 2. The molecule has 0 aromatic carbocycles. The second-order valence-electron chi connectivity index (χ2n) is 13.8. The molecule has 0 bridgehead atoms. The molecule has 0 spiro atoms. The summed E-state index contributed by atoms with van der Waals surface area (Å²) < 4.78 is 3.31. The Morgan fingerprint density at radius 2 is 1.19 bits per heavy atom. The normalized spacial score (nSPS) is 30.7. The van der Waals surface area contributed by atoms with Crippen LogP contribution in [0.3, 0.4) is 0 Å². The van der Waals surface area contributed by atoms with E-state index >= 15 is 0 Å². The van der Waals surface area contributed by atoms with E-state index in [4.69, 9.17) is 0 Å². The van der Waals surface area contributed by atoms with Gasteiger partial charge in [-0.1, -0.05) is 41.5 Å². The smallest absolute Gasteiger partial charge is 0.248 e. The second kappa shape index (κ2) is 10.1. The molecule has 4 atom stereocenters. The molecule has 1 heterocycles. The molecule has 4 unspecified atom stereocenters. The Balaban J connectivity index is 1.95. The summed E-state index contributed by atoms with van der Waals surface area (Å²) in [6, 6.07) is -0.371. The van der Waals surface area contributed by atoms with E-state index in [9.17, 15) is 24.0 Å². The first-order valence-corrected chi connectivity index (χ1v) is 13.1. The van der Waals surface area contributed by atoms with Crippen molar-refractivity contribution >= 4 is 12.2 Å². The van der Waals surface area contributed by atoms with Crippen molar-refractivity contribution in [2.24, 2.45) is 38.7 Å². The number of aliphatic imine (C=N–C) groups is 2. The van der Waals surface area contributed by atoms with E-state index in [1.165, 1.54) is 7.05 Å². The number of aromatic nitrogens is 3. The maximum atomic E-state index is 13.6. The third kappa shape index (κ3) is 6.55. The van der Waals surface area contributed by atoms with Crippen LogP contribution < -0.4 is 17.1 Å². The minimum absolute atomic E-state index is 0.0460. The highest BCUT2D eigenvalue weighted by molar-refractivity contribution is 5.34. The predicted octanol–water partition coefficient (Wildman–Crippen LogP) is 2.94. The first-order valence-electron chi connectivity index (χ1n) is 13.1. The van der Waals surface area contributed by atoms with Gasteiger partial charge in [-0.15, -0.1) is 0 Å². The molecule has 204 valence electrons. The van der Waals surface area contributed by atoms with Crippen molar-refractivity contribution in [2.45, 2.75) is 112 Å². The molecule has 10 heteroatoms. The van der Waals surface area contributed by atoms with Crippen LogP contribution >= 0.6 is 0 Å². The van der Waals surface area contributed by atoms with E-state index in [1.807, 2.05) is 6.92 Å². The maximum absolute atomic E-state index is 13.6. The van der Waals surface area contributed by atoms with Gasteiger partial charge in [0.15, 0.2) is 0 Å². The Kier molecular flexibility index (Phi) is 7.88. The molecule has 0 amide bonds. The maximum Gasteiger partial charge on any atom is 0.336 e. The Morgan fingerprint density at radius 3 is 1.70 bits per heavy atom. The highest BCUT2D eigenvalue weighted by Crippen LogP contribution is 2.49. The van der Waals surface area contributed by atoms with Crippen LogP contribution in [0.1, 0.15) is 86.5 Å². The molecule has 2 aliphatic carbocycles. The number of hydrogen-bond acceptors (Lipinski definition) is 7. The van der Waals surface area contributed by atoms with Gasteiger partial charge < -0.3 is 0 Å². The third-order valence-electron chi connectivity index (χ3n) is 8.29. The summed E-state index contributed by atoms with van der Waals surface area (Å²) >= 11 is 0. The first kappa shape index (κ1) is 28.7. The van der Waals surface area contributed by atoms with Gasteiger partial charge in [0.25, 0.3) is 0 Å². The minimum Gasteiger partial charge on any atom is -0.248 e. The molecular formula is C27H41N5O5. The summed E-state index contributed by atoms with van der Waals surface area (Å²) in [5.74, 6) is 0. The summed E-state index contributed by atoms with van der Waals surface area (Å²) in [5.41, 5.74) is -2.78. The van der Waals surface area contributed by atoms with Crippen LogP contribution in [-0.2, 0) is 29.7 Å². The predicted molar refractivity (Wildman–Crippen MR) is 140 cm³/mol. The molecule has 2 saturated carbocycles. The van der Waals surface area contributed by atoms with E-state index in [0.717, 1.165) is 39.4 Å². The number of hydrogen-bond donors (Lipinski definition) is 0. The van der Waals surface area contributed by atoms with Gasteiger partial charge in [-0.2, -0.15) is 0 Å². The fraction of sp³-hybridized carbons (Fsp3) is 0.815. The Bertz CT molecular complexity index is 1310. The van der Waals surface area contributed by atoms with E-state index in [2.05, 4.69) is 44.6 Å². The fourth-order valence-corrected chi connectivity index (χ4v) is 7.64. The summed E-state index contributed by atoms with van der Waals surface area (Å²) in [6.07, 6.45) is 8.23. The van der Waals surface area contributed by atoms with Gasteiger partial charge in [0.1, 0.15) is 0 Å². The molecule has 0 radical (unpaired) electrons. The van der Waals surface area contributed by atoms with E-state index in [0.29, 0.717) is 19.3 Å². The monoisotopic (exact) mass is 515 g/mol. The fourth-order valence-electron chi connectivity index (χ4n) is 7.64. The van der Waals surface area contributed by atoms with Gasteiger partial charge in [0.2, 0.25) is 12.2 Å². The molecule has 10 nitrogen and oxygen atoms in total. The first-order chi connectivity index (χ1) is 17.0. The average Bonchev–Trinajstić information content (AvgIpc) is 2.73. The van der Waals surface area contributed by atoms with Crippen molar-refractivity contribution in [3.05, 3.63) is 31.5 Å². The Labute approximate surface area is 217 Å². The highest BCUT2D eigenvalue weighted by atomic mass is 16.2. The standard InChI is InChI=1S/C27H41N5O5/c1-24(2)10-19(28-17-33)12-26(5,14-24)8-9-31-21(35)30(7)22(36)32(23(31)37)16-27(6)13-20(29-18-34)11-25(3,4)15-27/h19-20H,8-16H2,1-7H3. The molecule has 2 aliphatic rings. The topological polar surface area (TPSA) is 125 Å². The molecule has 0 N–H and O–H groups in total. The highest BCUT2D eigenvalue weighted by Gasteiger charge is 2.43. The number of nitrogens with zero attached hydrogens (tertiary/aromatic N) is 5. The lowest BCUT2D eigenvalue weighted by atomic mass is 9.61. The third-order valence-corrected chi connectivity index (χ3v) is 8.29. The van der Waals surface area contributed by atoms with Gasteiger partial charge in [-0.05, 0) is 66.6 Å². The van der Waals surface area contributed by atoms with Crippen LogP contribution in [-0.4, -0.2) is 37.9 Å². The number of carbonyl (C=O) groups excluding carboxylic acids is 2. The summed E-state index contributed by atoms with van der Waals surface area (Å²) in [6.45, 7) is 12.9. The average molecular weight is 516 g/mol. The van der Waals surface area contributed by atoms with Gasteiger partial charge >= 0.3 is 17.1 Å². The van der Waals surface area contributed by atoms with Crippen LogP contribution in [0, 0.1) is 21.7 Å². The van der Waals surface area contributed by atoms with Crippen LogP contribution in [0.15, 0.2) is 24.4 Å². The van der Waals surface area contributed by atoms with E-state index in [-0.39, 0.29) is 41.4 Å². The lowest BCUT2D eigenvalue weighted by Gasteiger charge is -2.45. The molecule has 3 rings (SSSR count). The lowest BCUT2D eigenvalue weighted by molar-refractivity contribution is 0.0633. The van der Waals surface area contributed by atoms with E-state index < -0.39 is 22.5 Å². The van der Waals surface area contributed by atoms with E-state index in [1.54, 1.807) is 12.2 Å². The van der Waals surface area contributed by atoms with Crippen LogP contribution in [0.5, 0.6) is 0 Å². The largest absolute Gasteiger partial charge is 0.336 e. The van der Waals surface area contributed by atoms with Crippen molar-refractivity contribution in [1.29, 1.82) is 0 Å². The van der Waals surface area contributed by atoms with Gasteiger partial charge in [-0.25, -0.2) is 47.7 Å². The Hall–Kier alpha value is -2.83. The van der Waals surface area contributed by atoms with Crippen LogP contribution in [0.2, 0.25) is 0 Å². The molecule has 0 aliphatic heterocycles. The Morgan fingerprint density at radius 1 is 0.730 bits per heavy atom. The van der Waals surface area contributed by atoms with Crippen LogP contribution in [0.25, 0.3) is 0 Å². The second-order valence-corrected chi connectivity index (χ2v) is 13.8. The lowest BCUT2D eigenvalue weighted by Crippen LogP contribution is -2.56. The van der Waals surface area contributed by atoms with Crippen molar-refractivity contribution in [3.63, 3.8) is 0 Å². The zero-order valence-corrected chi connectivity index (χ0v) is 23.3. The van der Waals surface area contributed by atoms with Crippen molar-refractivity contribution in [3.8, 4) is 0 Å². The summed E-state index contributed by atoms with van der Waals surface area (Å²) in [5, 5.41) is 0. The SMILES string of the molecule is Cn1c(=O)n(CCC2(C)CC(N=C=O)CC(C)(C)C2)c(=O)n(CC2(C)CC(N=C=O)CC(C)(C)C2)c1=O. The van der Waals surface area contributed by atoms with Crippen molar-refractivity contribution in [2.75, 3.05) is 0 Å². The molecule has 0 saturated heterocycles. The zero-order valence-electron chi connectivity index (χ0n) is 23.3. The number of rotatable bonds is 7. The van der Waals surface area contributed by atoms with Crippen molar-refractivity contribution < 1.29 is 9.59 Å². The molecule has 37 heavy (non-hydrogen) atoms. The van der Waals surface area contributed by atoms with Gasteiger partial charge in [0.05, 0.1) is 12.1 Å². The summed E-state index contributed by atoms with van der Waals surface area (Å²) in [4.78, 5) is 69.5. The zero-order chi connectivity index (χ0) is 27.8. The van der Waals surface area contributed by atoms with Gasteiger partial charge in [0, 0.05) is 20.1 Å².